The van der Waals surface area contributed by atoms with Crippen molar-refractivity contribution in [2.75, 3.05) is 11.9 Å². The average molecular weight is 300 g/mol. The van der Waals surface area contributed by atoms with Crippen LogP contribution in [0.1, 0.15) is 16.8 Å². The third-order valence-corrected chi connectivity index (χ3v) is 3.35. The second kappa shape index (κ2) is 5.03. The number of alkyl halides is 3. The van der Waals surface area contributed by atoms with Crippen LogP contribution in [0, 0.1) is 5.82 Å². The van der Waals surface area contributed by atoms with Crippen molar-refractivity contribution in [3.8, 4) is 0 Å². The van der Waals surface area contributed by atoms with Gasteiger partial charge in [-0.1, -0.05) is 0 Å². The van der Waals surface area contributed by atoms with Crippen LogP contribution in [0.2, 0.25) is 0 Å². The maximum Gasteiger partial charge on any atom is 0.418 e. The van der Waals surface area contributed by atoms with Crippen LogP contribution in [0.5, 0.6) is 0 Å². The lowest BCUT2D eigenvalue weighted by molar-refractivity contribution is -0.137. The summed E-state index contributed by atoms with van der Waals surface area (Å²) in [5.41, 5.74) is 0.440. The van der Waals surface area contributed by atoms with Crippen molar-refractivity contribution in [3.63, 3.8) is 0 Å². The summed E-state index contributed by atoms with van der Waals surface area (Å²) in [5.74, 6) is -0.579. The quantitative estimate of drug-likeness (QED) is 0.747. The fourth-order valence-electron chi connectivity index (χ4n) is 2.33. The highest BCUT2D eigenvalue weighted by Crippen LogP contribution is 2.37. The van der Waals surface area contributed by atoms with Crippen LogP contribution in [-0.4, -0.2) is 16.7 Å². The molecule has 0 radical (unpaired) electrons. The van der Waals surface area contributed by atoms with E-state index in [1.807, 2.05) is 0 Å². The van der Waals surface area contributed by atoms with Crippen LogP contribution < -0.4 is 10.6 Å². The zero-order chi connectivity index (χ0) is 15.0. The molecule has 1 aromatic heterocycles. The fraction of sp³-hybridized carbons (Fsp3) is 0.308. The molecule has 8 heteroatoms. The highest BCUT2D eigenvalue weighted by molar-refractivity contribution is 5.64. The topological polar surface area (TPSA) is 52.7 Å². The first kappa shape index (κ1) is 13.9. The molecule has 112 valence electrons. The smallest absolute Gasteiger partial charge is 0.338 e. The molecule has 0 fully saturated rings. The summed E-state index contributed by atoms with van der Waals surface area (Å²) in [5, 5.41) is 12.6. The molecule has 0 saturated heterocycles. The minimum Gasteiger partial charge on any atom is -0.338 e. The van der Waals surface area contributed by atoms with E-state index in [2.05, 4.69) is 20.8 Å². The number of benzene rings is 1. The molecule has 0 spiro atoms. The van der Waals surface area contributed by atoms with Crippen LogP contribution in [0.3, 0.4) is 0 Å². The molecule has 1 aliphatic rings. The van der Waals surface area contributed by atoms with Gasteiger partial charge in [-0.25, -0.2) is 4.39 Å². The number of H-pyrrole nitrogens is 1. The van der Waals surface area contributed by atoms with Crippen LogP contribution in [0.4, 0.5) is 29.1 Å². The number of fused-ring (bicyclic) bond motifs is 1. The summed E-state index contributed by atoms with van der Waals surface area (Å²) < 4.78 is 51.9. The van der Waals surface area contributed by atoms with Gasteiger partial charge < -0.3 is 10.6 Å². The van der Waals surface area contributed by atoms with Crippen molar-refractivity contribution in [1.29, 1.82) is 0 Å². The zero-order valence-corrected chi connectivity index (χ0v) is 10.8. The molecule has 0 unspecified atom stereocenters. The van der Waals surface area contributed by atoms with Crippen LogP contribution in [0.15, 0.2) is 18.2 Å². The first-order valence-electron chi connectivity index (χ1n) is 6.36. The van der Waals surface area contributed by atoms with Gasteiger partial charge in [0.1, 0.15) is 5.82 Å². The molecule has 1 aromatic carbocycles. The van der Waals surface area contributed by atoms with Gasteiger partial charge in [0.2, 0.25) is 0 Å². The molecule has 3 rings (SSSR count). The number of aromatic nitrogens is 2. The van der Waals surface area contributed by atoms with Gasteiger partial charge in [0.25, 0.3) is 0 Å². The number of nitrogens with zero attached hydrogens (tertiary/aromatic N) is 1. The number of hydrogen-bond acceptors (Lipinski definition) is 3. The Morgan fingerprint density at radius 1 is 1.24 bits per heavy atom. The Morgan fingerprint density at radius 2 is 2.05 bits per heavy atom. The van der Waals surface area contributed by atoms with Crippen LogP contribution >= 0.6 is 0 Å². The first-order chi connectivity index (χ1) is 9.95. The van der Waals surface area contributed by atoms with Crippen molar-refractivity contribution >= 4 is 11.5 Å². The molecule has 3 N–H and O–H groups in total. The van der Waals surface area contributed by atoms with Crippen LogP contribution in [-0.2, 0) is 19.1 Å². The molecule has 4 nitrogen and oxygen atoms in total. The highest BCUT2D eigenvalue weighted by atomic mass is 19.4. The Balaban J connectivity index is 1.97. The van der Waals surface area contributed by atoms with Crippen LogP contribution in [0.25, 0.3) is 0 Å². The Hall–Kier alpha value is -2.09. The number of nitrogens with one attached hydrogen (secondary N) is 3. The summed E-state index contributed by atoms with van der Waals surface area (Å²) in [6.07, 6.45) is -3.97. The predicted octanol–water partition coefficient (Wildman–Crippen LogP) is 2.96. The molecule has 0 saturated carbocycles. The highest BCUT2D eigenvalue weighted by Gasteiger charge is 2.34. The lowest BCUT2D eigenvalue weighted by Crippen LogP contribution is -2.23. The van der Waals surface area contributed by atoms with E-state index in [1.54, 1.807) is 0 Å². The summed E-state index contributed by atoms with van der Waals surface area (Å²) >= 11 is 0. The molecule has 0 atom stereocenters. The second-order valence-electron chi connectivity index (χ2n) is 4.77. The van der Waals surface area contributed by atoms with Gasteiger partial charge in [-0.2, -0.15) is 18.3 Å². The van der Waals surface area contributed by atoms with Gasteiger partial charge in [0.15, 0.2) is 5.82 Å². The van der Waals surface area contributed by atoms with E-state index < -0.39 is 17.6 Å². The standard InChI is InChI=1S/C13H12F4N4/c14-7-1-2-10(9(5-7)13(15,16)17)19-12-8-3-4-18-6-11(8)20-21-12/h1-2,5,18H,3-4,6H2,(H2,19,20,21). The summed E-state index contributed by atoms with van der Waals surface area (Å²) in [7, 11) is 0. The third-order valence-electron chi connectivity index (χ3n) is 3.35. The summed E-state index contributed by atoms with van der Waals surface area (Å²) in [6, 6.07) is 2.53. The van der Waals surface area contributed by atoms with E-state index >= 15 is 0 Å². The van der Waals surface area contributed by atoms with Crippen molar-refractivity contribution in [2.24, 2.45) is 0 Å². The van der Waals surface area contributed by atoms with Gasteiger partial charge in [-0.3, -0.25) is 5.10 Å². The van der Waals surface area contributed by atoms with Gasteiger partial charge >= 0.3 is 6.18 Å². The van der Waals surface area contributed by atoms with Crippen molar-refractivity contribution in [3.05, 3.63) is 40.8 Å². The minimum atomic E-state index is -4.64. The number of halogens is 4. The molecule has 2 heterocycles. The van der Waals surface area contributed by atoms with E-state index in [0.717, 1.165) is 29.9 Å². The van der Waals surface area contributed by atoms with Gasteiger partial charge in [-0.05, 0) is 31.2 Å². The lowest BCUT2D eigenvalue weighted by Gasteiger charge is -2.16. The maximum atomic E-state index is 13.1. The Bertz CT molecular complexity index is 663. The SMILES string of the molecule is Fc1ccc(Nc2n[nH]c3c2CCNC3)c(C(F)(F)F)c1. The van der Waals surface area contributed by atoms with Gasteiger partial charge in [-0.15, -0.1) is 0 Å². The summed E-state index contributed by atoms with van der Waals surface area (Å²) in [6.45, 7) is 1.33. The van der Waals surface area contributed by atoms with E-state index in [4.69, 9.17) is 0 Å². The Kier molecular flexibility index (Phi) is 3.32. The maximum absolute atomic E-state index is 13.1. The number of hydrogen-bond donors (Lipinski definition) is 3. The van der Waals surface area contributed by atoms with Gasteiger partial charge in [0, 0.05) is 12.1 Å². The van der Waals surface area contributed by atoms with Crippen molar-refractivity contribution in [1.82, 2.24) is 15.5 Å². The first-order valence-corrected chi connectivity index (χ1v) is 6.36. The average Bonchev–Trinajstić information content (AvgIpc) is 2.83. The molecular formula is C13H12F4N4. The van der Waals surface area contributed by atoms with E-state index in [-0.39, 0.29) is 5.69 Å². The zero-order valence-electron chi connectivity index (χ0n) is 10.8. The molecule has 2 aromatic rings. The molecule has 0 aliphatic carbocycles. The third kappa shape index (κ3) is 2.71. The Labute approximate surface area is 117 Å². The lowest BCUT2D eigenvalue weighted by atomic mass is 10.1. The van der Waals surface area contributed by atoms with E-state index in [0.29, 0.717) is 24.8 Å². The molecule has 0 bridgehead atoms. The van der Waals surface area contributed by atoms with E-state index in [1.165, 1.54) is 0 Å². The molecule has 0 amide bonds. The number of aromatic amines is 1. The monoisotopic (exact) mass is 300 g/mol. The number of rotatable bonds is 2. The van der Waals surface area contributed by atoms with Gasteiger partial charge in [0.05, 0.1) is 16.9 Å². The second-order valence-corrected chi connectivity index (χ2v) is 4.77. The molecule has 1 aliphatic heterocycles. The van der Waals surface area contributed by atoms with Crippen molar-refractivity contribution in [2.45, 2.75) is 19.1 Å². The fourth-order valence-corrected chi connectivity index (χ4v) is 2.33. The van der Waals surface area contributed by atoms with Crippen molar-refractivity contribution < 1.29 is 17.6 Å². The number of anilines is 2. The minimum absolute atomic E-state index is 0.211. The molecular weight excluding hydrogens is 288 g/mol. The normalized spacial score (nSPS) is 14.9. The largest absolute Gasteiger partial charge is 0.418 e. The molecule has 21 heavy (non-hydrogen) atoms. The van der Waals surface area contributed by atoms with E-state index in [9.17, 15) is 17.6 Å². The predicted molar refractivity (Wildman–Crippen MR) is 68.7 cm³/mol. The summed E-state index contributed by atoms with van der Waals surface area (Å²) in [4.78, 5) is 0. The Morgan fingerprint density at radius 3 is 2.81 bits per heavy atom.